The number of primary amides is 1. The topological polar surface area (TPSA) is 112 Å². The summed E-state index contributed by atoms with van der Waals surface area (Å²) < 4.78 is 6.67. The molecule has 1 aliphatic rings. The van der Waals surface area contributed by atoms with E-state index in [1.807, 2.05) is 24.3 Å². The fraction of sp³-hybridized carbons (Fsp3) is 0.190. The number of carbonyl (C=O) groups is 2. The summed E-state index contributed by atoms with van der Waals surface area (Å²) >= 11 is 0. The molecule has 0 saturated heterocycles. The van der Waals surface area contributed by atoms with E-state index >= 15 is 0 Å². The number of nitrogens with one attached hydrogen (secondary N) is 1. The van der Waals surface area contributed by atoms with Gasteiger partial charge in [0.25, 0.3) is 11.8 Å². The molecule has 4 rings (SSSR count). The number of hydrogen-bond acceptors (Lipinski definition) is 6. The van der Waals surface area contributed by atoms with Gasteiger partial charge in [0.05, 0.1) is 25.6 Å². The zero-order valence-electron chi connectivity index (χ0n) is 16.6. The first-order valence-corrected chi connectivity index (χ1v) is 9.30. The third-order valence-electron chi connectivity index (χ3n) is 4.97. The van der Waals surface area contributed by atoms with Gasteiger partial charge in [0, 0.05) is 17.8 Å². The number of hydrogen-bond donors (Lipinski definition) is 2. The van der Waals surface area contributed by atoms with Crippen LogP contribution in [-0.2, 0) is 11.3 Å². The molecule has 1 aromatic heterocycles. The highest BCUT2D eigenvalue weighted by Gasteiger charge is 2.34. The molecule has 0 aliphatic carbocycles. The molecule has 0 unspecified atom stereocenters. The molecular formula is C21H21N5O4. The summed E-state index contributed by atoms with van der Waals surface area (Å²) in [6, 6.07) is 14.4. The lowest BCUT2D eigenvalue weighted by Crippen LogP contribution is -2.39. The summed E-state index contributed by atoms with van der Waals surface area (Å²) in [5.41, 5.74) is 11.4. The number of benzene rings is 2. The van der Waals surface area contributed by atoms with E-state index in [2.05, 4.69) is 10.6 Å². The highest BCUT2D eigenvalue weighted by atomic mass is 16.6. The van der Waals surface area contributed by atoms with Crippen LogP contribution in [0.3, 0.4) is 0 Å². The van der Waals surface area contributed by atoms with E-state index in [4.69, 9.17) is 15.3 Å². The lowest BCUT2D eigenvalue weighted by Gasteiger charge is -2.28. The Hall–Kier alpha value is -3.85. The molecule has 154 valence electrons. The molecule has 9 heteroatoms. The van der Waals surface area contributed by atoms with Crippen molar-refractivity contribution in [3.63, 3.8) is 0 Å². The Labute approximate surface area is 172 Å². The maximum atomic E-state index is 13.4. The number of rotatable bonds is 6. The molecule has 1 aliphatic heterocycles. The Morgan fingerprint density at radius 2 is 1.73 bits per heavy atom. The summed E-state index contributed by atoms with van der Waals surface area (Å²) in [4.78, 5) is 31.9. The van der Waals surface area contributed by atoms with Crippen LogP contribution in [0, 0.1) is 0 Å². The summed E-state index contributed by atoms with van der Waals surface area (Å²) in [5.74, 6) is -0.234. The molecule has 9 nitrogen and oxygen atoms in total. The van der Waals surface area contributed by atoms with E-state index in [9.17, 15) is 9.59 Å². The van der Waals surface area contributed by atoms with Crippen LogP contribution in [0.4, 0.5) is 11.4 Å². The number of methoxy groups -OCH3 is 1. The van der Waals surface area contributed by atoms with Crippen LogP contribution in [0.25, 0.3) is 5.69 Å². The molecule has 0 spiro atoms. The average Bonchev–Trinajstić information content (AvgIpc) is 3.16. The van der Waals surface area contributed by atoms with E-state index in [0.29, 0.717) is 35.7 Å². The number of fused-ring (bicyclic) bond motifs is 1. The van der Waals surface area contributed by atoms with Crippen LogP contribution in [-0.4, -0.2) is 42.4 Å². The van der Waals surface area contributed by atoms with Gasteiger partial charge in [0.1, 0.15) is 11.4 Å². The summed E-state index contributed by atoms with van der Waals surface area (Å²) in [6.07, 6.45) is 0.466. The molecule has 0 bridgehead atoms. The van der Waals surface area contributed by atoms with Gasteiger partial charge < -0.3 is 15.4 Å². The van der Waals surface area contributed by atoms with Gasteiger partial charge in [-0.15, -0.1) is 0 Å². The van der Waals surface area contributed by atoms with Crippen molar-refractivity contribution in [3.8, 4) is 11.4 Å². The van der Waals surface area contributed by atoms with E-state index in [1.165, 1.54) is 11.8 Å². The first kappa shape index (κ1) is 19.5. The van der Waals surface area contributed by atoms with Gasteiger partial charge in [0.15, 0.2) is 5.69 Å². The summed E-state index contributed by atoms with van der Waals surface area (Å²) in [7, 11) is 3.10. The third kappa shape index (κ3) is 3.35. The lowest BCUT2D eigenvalue weighted by atomic mass is 10.0. The molecule has 3 N–H and O–H groups in total. The number of nitrogens with two attached hydrogens (primary N) is 1. The van der Waals surface area contributed by atoms with Crippen molar-refractivity contribution in [3.05, 3.63) is 65.5 Å². The summed E-state index contributed by atoms with van der Waals surface area (Å²) in [6.45, 7) is 0.414. The number of ether oxygens (including phenoxy) is 1. The van der Waals surface area contributed by atoms with Crippen molar-refractivity contribution in [1.82, 2.24) is 9.78 Å². The average molecular weight is 407 g/mol. The van der Waals surface area contributed by atoms with Crippen molar-refractivity contribution in [1.29, 1.82) is 0 Å². The van der Waals surface area contributed by atoms with Gasteiger partial charge in [-0.1, -0.05) is 0 Å². The SMILES string of the molecule is CONc1ccc(N2CCc3c(C(N)=O)nn(-c4ccc(OC)cc4)c3C2=O)cc1. The zero-order chi connectivity index (χ0) is 21.3. The van der Waals surface area contributed by atoms with Gasteiger partial charge >= 0.3 is 0 Å². The fourth-order valence-corrected chi connectivity index (χ4v) is 3.54. The first-order chi connectivity index (χ1) is 14.5. The predicted octanol–water partition coefficient (Wildman–Crippen LogP) is 2.16. The maximum Gasteiger partial charge on any atom is 0.277 e. The third-order valence-corrected chi connectivity index (χ3v) is 4.97. The van der Waals surface area contributed by atoms with Gasteiger partial charge in [0.2, 0.25) is 0 Å². The Bertz CT molecular complexity index is 1090. The molecule has 0 fully saturated rings. The molecule has 0 saturated carbocycles. The summed E-state index contributed by atoms with van der Waals surface area (Å²) in [5, 5.41) is 4.36. The Morgan fingerprint density at radius 1 is 1.07 bits per heavy atom. The molecule has 30 heavy (non-hydrogen) atoms. The number of anilines is 2. The highest BCUT2D eigenvalue weighted by Crippen LogP contribution is 2.29. The van der Waals surface area contributed by atoms with Crippen LogP contribution in [0.5, 0.6) is 5.75 Å². The second kappa shape index (κ2) is 7.88. The minimum absolute atomic E-state index is 0.119. The molecule has 2 heterocycles. The van der Waals surface area contributed by atoms with Crippen molar-refractivity contribution in [2.45, 2.75) is 6.42 Å². The van der Waals surface area contributed by atoms with Crippen molar-refractivity contribution in [2.24, 2.45) is 5.73 Å². The van der Waals surface area contributed by atoms with Gasteiger partial charge in [-0.2, -0.15) is 5.10 Å². The van der Waals surface area contributed by atoms with Gasteiger partial charge in [-0.05, 0) is 55.0 Å². The predicted molar refractivity (Wildman–Crippen MR) is 111 cm³/mol. The Kier molecular flexibility index (Phi) is 5.11. The molecule has 2 aromatic carbocycles. The van der Waals surface area contributed by atoms with Gasteiger partial charge in [-0.3, -0.25) is 19.9 Å². The molecule has 2 amide bonds. The Balaban J connectivity index is 1.76. The van der Waals surface area contributed by atoms with Crippen molar-refractivity contribution < 1.29 is 19.2 Å². The minimum Gasteiger partial charge on any atom is -0.497 e. The highest BCUT2D eigenvalue weighted by molar-refractivity contribution is 6.09. The van der Waals surface area contributed by atoms with Gasteiger partial charge in [-0.25, -0.2) is 4.68 Å². The van der Waals surface area contributed by atoms with Crippen LogP contribution in [0.2, 0.25) is 0 Å². The smallest absolute Gasteiger partial charge is 0.277 e. The largest absolute Gasteiger partial charge is 0.497 e. The van der Waals surface area contributed by atoms with Crippen LogP contribution in [0.1, 0.15) is 26.5 Å². The maximum absolute atomic E-state index is 13.4. The fourth-order valence-electron chi connectivity index (χ4n) is 3.54. The van der Waals surface area contributed by atoms with E-state index < -0.39 is 5.91 Å². The van der Waals surface area contributed by atoms with Crippen LogP contribution >= 0.6 is 0 Å². The van der Waals surface area contributed by atoms with Crippen molar-refractivity contribution >= 4 is 23.2 Å². The zero-order valence-corrected chi connectivity index (χ0v) is 16.6. The van der Waals surface area contributed by atoms with Crippen LogP contribution in [0.15, 0.2) is 48.5 Å². The minimum atomic E-state index is -0.658. The van der Waals surface area contributed by atoms with E-state index in [1.54, 1.807) is 36.3 Å². The lowest BCUT2D eigenvalue weighted by molar-refractivity contribution is 0.0972. The number of nitrogens with zero attached hydrogens (tertiary/aromatic N) is 3. The standard InChI is InChI=1S/C21H21N5O4/c1-29-16-9-7-15(8-10-16)26-19-17(18(23-26)20(22)27)11-12-25(21(19)28)14-5-3-13(4-6-14)24-30-2/h3-10,24H,11-12H2,1-2H3,(H2,22,27). The van der Waals surface area contributed by atoms with E-state index in [-0.39, 0.29) is 11.6 Å². The molecule has 0 atom stereocenters. The molecule has 3 aromatic rings. The second-order valence-electron chi connectivity index (χ2n) is 6.71. The second-order valence-corrected chi connectivity index (χ2v) is 6.71. The quantitative estimate of drug-likeness (QED) is 0.606. The van der Waals surface area contributed by atoms with E-state index in [0.717, 1.165) is 11.4 Å². The molecule has 0 radical (unpaired) electrons. The normalized spacial score (nSPS) is 13.1. The Morgan fingerprint density at radius 3 is 2.33 bits per heavy atom. The molecular weight excluding hydrogens is 386 g/mol. The van der Waals surface area contributed by atoms with Crippen LogP contribution < -0.4 is 20.9 Å². The first-order valence-electron chi connectivity index (χ1n) is 9.30. The number of amides is 2. The van der Waals surface area contributed by atoms with Crippen molar-refractivity contribution in [2.75, 3.05) is 31.1 Å². The number of aromatic nitrogens is 2. The monoisotopic (exact) mass is 407 g/mol. The number of carbonyl (C=O) groups excluding carboxylic acids is 2.